The molecule has 0 atom stereocenters. The summed E-state index contributed by atoms with van der Waals surface area (Å²) >= 11 is 4.89. The fourth-order valence-corrected chi connectivity index (χ4v) is 2.36. The van der Waals surface area contributed by atoms with Crippen molar-refractivity contribution in [2.75, 3.05) is 13.7 Å². The van der Waals surface area contributed by atoms with Crippen LogP contribution in [-0.4, -0.2) is 18.8 Å². The van der Waals surface area contributed by atoms with Gasteiger partial charge in [0.25, 0.3) is 0 Å². The number of hydrogen-bond acceptors (Lipinski definition) is 3. The minimum atomic E-state index is 0.0673. The molecule has 0 spiro atoms. The van der Waals surface area contributed by atoms with Crippen LogP contribution in [0.25, 0.3) is 6.08 Å². The van der Waals surface area contributed by atoms with Crippen molar-refractivity contribution in [2.24, 2.45) is 0 Å². The summed E-state index contributed by atoms with van der Waals surface area (Å²) in [5.41, 5.74) is 0. The lowest BCUT2D eigenvalue weighted by atomic mass is 10.4. The fraction of sp³-hybridized carbons (Fsp3) is 0.250. The quantitative estimate of drug-likeness (QED) is 0.891. The van der Waals surface area contributed by atoms with Crippen LogP contribution in [0.1, 0.15) is 4.88 Å². The summed E-state index contributed by atoms with van der Waals surface area (Å²) in [6.45, 7) is 0.0673. The van der Waals surface area contributed by atoms with E-state index in [1.807, 2.05) is 12.1 Å². The molecule has 2 nitrogen and oxygen atoms in total. The van der Waals surface area contributed by atoms with E-state index in [9.17, 15) is 0 Å². The lowest BCUT2D eigenvalue weighted by Crippen LogP contribution is -1.75. The van der Waals surface area contributed by atoms with Crippen molar-refractivity contribution < 1.29 is 9.84 Å². The molecule has 1 heterocycles. The predicted octanol–water partition coefficient (Wildman–Crippen LogP) is 2.52. The average molecular weight is 249 g/mol. The number of thiophene rings is 1. The van der Waals surface area contributed by atoms with Crippen LogP contribution in [0.15, 0.2) is 16.6 Å². The standard InChI is InChI=1S/C8H9BrO2S/c1-11-8-7(9)5-6(12-8)3-2-4-10/h2-3,5,10H,4H2,1H3/b3-2+. The number of ether oxygens (including phenoxy) is 1. The normalized spacial score (nSPS) is 10.9. The van der Waals surface area contributed by atoms with Gasteiger partial charge in [-0.1, -0.05) is 17.4 Å². The van der Waals surface area contributed by atoms with Crippen molar-refractivity contribution in [2.45, 2.75) is 0 Å². The molecule has 0 aliphatic carbocycles. The molecule has 0 aromatic carbocycles. The Labute approximate surface area is 83.6 Å². The minimum absolute atomic E-state index is 0.0673. The highest BCUT2D eigenvalue weighted by atomic mass is 79.9. The Morgan fingerprint density at radius 1 is 1.75 bits per heavy atom. The summed E-state index contributed by atoms with van der Waals surface area (Å²) in [5.74, 6) is 0. The largest absolute Gasteiger partial charge is 0.486 e. The van der Waals surface area contributed by atoms with Gasteiger partial charge in [-0.25, -0.2) is 0 Å². The first-order valence-corrected chi connectivity index (χ1v) is 4.99. The summed E-state index contributed by atoms with van der Waals surface area (Å²) in [6.07, 6.45) is 3.55. The molecule has 0 saturated heterocycles. The SMILES string of the molecule is COc1sc(/C=C/CO)cc1Br. The van der Waals surface area contributed by atoms with Crippen molar-refractivity contribution in [1.82, 2.24) is 0 Å². The van der Waals surface area contributed by atoms with Gasteiger partial charge in [0.2, 0.25) is 0 Å². The first-order chi connectivity index (χ1) is 5.77. The van der Waals surface area contributed by atoms with Crippen LogP contribution in [0.2, 0.25) is 0 Å². The third kappa shape index (κ3) is 2.33. The number of aliphatic hydroxyl groups excluding tert-OH is 1. The van der Waals surface area contributed by atoms with E-state index in [4.69, 9.17) is 9.84 Å². The predicted molar refractivity (Wildman–Crippen MR) is 54.7 cm³/mol. The zero-order chi connectivity index (χ0) is 8.97. The van der Waals surface area contributed by atoms with Crippen LogP contribution < -0.4 is 4.74 Å². The second-order valence-corrected chi connectivity index (χ2v) is 3.97. The second kappa shape index (κ2) is 4.64. The van der Waals surface area contributed by atoms with Crippen molar-refractivity contribution in [3.05, 3.63) is 21.5 Å². The van der Waals surface area contributed by atoms with Crippen LogP contribution in [0.3, 0.4) is 0 Å². The monoisotopic (exact) mass is 248 g/mol. The zero-order valence-corrected chi connectivity index (χ0v) is 8.98. The molecular formula is C8H9BrO2S. The van der Waals surface area contributed by atoms with Crippen LogP contribution in [0.4, 0.5) is 0 Å². The van der Waals surface area contributed by atoms with Gasteiger partial charge >= 0.3 is 0 Å². The Balaban J connectivity index is 2.82. The molecular weight excluding hydrogens is 240 g/mol. The number of hydrogen-bond donors (Lipinski definition) is 1. The highest BCUT2D eigenvalue weighted by Crippen LogP contribution is 2.35. The van der Waals surface area contributed by atoms with Crippen molar-refractivity contribution in [3.63, 3.8) is 0 Å². The Bertz CT molecular complexity index is 281. The molecule has 1 aromatic rings. The van der Waals surface area contributed by atoms with Gasteiger partial charge in [0.05, 0.1) is 18.2 Å². The van der Waals surface area contributed by atoms with Crippen molar-refractivity contribution in [3.8, 4) is 5.06 Å². The zero-order valence-electron chi connectivity index (χ0n) is 6.58. The number of rotatable bonds is 3. The summed E-state index contributed by atoms with van der Waals surface area (Å²) in [5, 5.41) is 9.39. The molecule has 1 aromatic heterocycles. The van der Waals surface area contributed by atoms with Crippen LogP contribution >= 0.6 is 27.3 Å². The lowest BCUT2D eigenvalue weighted by Gasteiger charge is -1.91. The third-order valence-electron chi connectivity index (χ3n) is 1.25. The van der Waals surface area contributed by atoms with E-state index >= 15 is 0 Å². The van der Waals surface area contributed by atoms with Gasteiger partial charge < -0.3 is 9.84 Å². The van der Waals surface area contributed by atoms with E-state index in [2.05, 4.69) is 15.9 Å². The number of halogens is 1. The van der Waals surface area contributed by atoms with Gasteiger partial charge in [0, 0.05) is 4.88 Å². The Morgan fingerprint density at radius 3 is 3.00 bits per heavy atom. The Hall–Kier alpha value is -0.320. The molecule has 1 N–H and O–H groups in total. The third-order valence-corrected chi connectivity index (χ3v) is 3.16. The summed E-state index contributed by atoms with van der Waals surface area (Å²) in [4.78, 5) is 1.06. The van der Waals surface area contributed by atoms with E-state index in [-0.39, 0.29) is 6.61 Å². The maximum Gasteiger partial charge on any atom is 0.188 e. The maximum absolute atomic E-state index is 8.54. The average Bonchev–Trinajstić information content (AvgIpc) is 2.43. The number of methoxy groups -OCH3 is 1. The molecule has 0 aliphatic heterocycles. The van der Waals surface area contributed by atoms with Gasteiger partial charge in [-0.05, 0) is 28.1 Å². The van der Waals surface area contributed by atoms with Crippen molar-refractivity contribution in [1.29, 1.82) is 0 Å². The summed E-state index contributed by atoms with van der Waals surface area (Å²) < 4.78 is 6.03. The molecule has 0 unspecified atom stereocenters. The highest BCUT2D eigenvalue weighted by Gasteiger charge is 2.03. The fourth-order valence-electron chi connectivity index (χ4n) is 0.759. The van der Waals surface area contributed by atoms with Gasteiger partial charge in [-0.2, -0.15) is 0 Å². The van der Waals surface area contributed by atoms with Gasteiger partial charge in [-0.15, -0.1) is 0 Å². The van der Waals surface area contributed by atoms with Crippen molar-refractivity contribution >= 4 is 33.3 Å². The molecule has 0 radical (unpaired) electrons. The summed E-state index contributed by atoms with van der Waals surface area (Å²) in [7, 11) is 1.64. The van der Waals surface area contributed by atoms with Gasteiger partial charge in [0.1, 0.15) is 0 Å². The van der Waals surface area contributed by atoms with E-state index in [0.29, 0.717) is 0 Å². The van der Waals surface area contributed by atoms with Crippen LogP contribution in [-0.2, 0) is 0 Å². The van der Waals surface area contributed by atoms with E-state index in [1.165, 1.54) is 11.3 Å². The smallest absolute Gasteiger partial charge is 0.188 e. The Kier molecular flexibility index (Phi) is 3.78. The van der Waals surface area contributed by atoms with Crippen LogP contribution in [0, 0.1) is 0 Å². The van der Waals surface area contributed by atoms with E-state index in [1.54, 1.807) is 13.2 Å². The van der Waals surface area contributed by atoms with Crippen LogP contribution in [0.5, 0.6) is 5.06 Å². The topological polar surface area (TPSA) is 29.5 Å². The minimum Gasteiger partial charge on any atom is -0.486 e. The molecule has 0 fully saturated rings. The first-order valence-electron chi connectivity index (χ1n) is 3.38. The molecule has 0 saturated carbocycles. The van der Waals surface area contributed by atoms with E-state index < -0.39 is 0 Å². The van der Waals surface area contributed by atoms with Gasteiger partial charge in [0.15, 0.2) is 5.06 Å². The molecule has 1 rings (SSSR count). The maximum atomic E-state index is 8.54. The Morgan fingerprint density at radius 2 is 2.50 bits per heavy atom. The lowest BCUT2D eigenvalue weighted by molar-refractivity contribution is 0.343. The molecule has 4 heteroatoms. The van der Waals surface area contributed by atoms with E-state index in [0.717, 1.165) is 14.4 Å². The highest BCUT2D eigenvalue weighted by molar-refractivity contribution is 9.10. The molecule has 0 amide bonds. The molecule has 0 aliphatic rings. The molecule has 0 bridgehead atoms. The molecule has 66 valence electrons. The van der Waals surface area contributed by atoms with Gasteiger partial charge in [-0.3, -0.25) is 0 Å². The first kappa shape index (κ1) is 9.77. The number of aliphatic hydroxyl groups is 1. The molecule has 12 heavy (non-hydrogen) atoms. The second-order valence-electron chi connectivity index (χ2n) is 2.07. The summed E-state index contributed by atoms with van der Waals surface area (Å²) in [6, 6.07) is 1.95.